The fourth-order valence-electron chi connectivity index (χ4n) is 2.21. The second-order valence-electron chi connectivity index (χ2n) is 5.37. The maximum absolute atomic E-state index is 12.4. The number of carbonyl (C=O) groups excluding carboxylic acids is 1. The van der Waals surface area contributed by atoms with Gasteiger partial charge in [0.15, 0.2) is 0 Å². The van der Waals surface area contributed by atoms with E-state index in [9.17, 15) is 4.79 Å². The third kappa shape index (κ3) is 6.40. The van der Waals surface area contributed by atoms with Gasteiger partial charge in [0.05, 0.1) is 7.11 Å². The molecule has 4 nitrogen and oxygen atoms in total. The molecular formula is C18H19Cl3N2O2. The highest BCUT2D eigenvalue weighted by Crippen LogP contribution is 2.29. The van der Waals surface area contributed by atoms with E-state index in [1.165, 1.54) is 0 Å². The molecule has 0 saturated heterocycles. The predicted octanol–water partition coefficient (Wildman–Crippen LogP) is 3.95. The molecule has 0 aromatic heterocycles. The molecule has 2 aromatic rings. The first-order valence-corrected chi connectivity index (χ1v) is 8.82. The molecule has 0 radical (unpaired) electrons. The maximum Gasteiger partial charge on any atom is 0.252 e. The minimum absolute atomic E-state index is 0.341. The van der Waals surface area contributed by atoms with Gasteiger partial charge < -0.3 is 10.1 Å². The molecule has 0 heterocycles. The lowest BCUT2D eigenvalue weighted by atomic mass is 10.1. The van der Waals surface area contributed by atoms with Gasteiger partial charge in [0.1, 0.15) is 11.9 Å². The first-order valence-electron chi connectivity index (χ1n) is 7.69. The Hall–Kier alpha value is -1.46. The number of methoxy groups -OCH3 is 1. The molecule has 0 aliphatic rings. The Kier molecular flexibility index (Phi) is 7.38. The molecule has 7 heteroatoms. The molecule has 0 aliphatic heterocycles. The lowest BCUT2D eigenvalue weighted by Gasteiger charge is -2.26. The Bertz CT molecular complexity index is 673. The summed E-state index contributed by atoms with van der Waals surface area (Å²) >= 11 is 18.0. The molecule has 2 rings (SSSR count). The summed E-state index contributed by atoms with van der Waals surface area (Å²) in [6, 6.07) is 16.6. The van der Waals surface area contributed by atoms with Gasteiger partial charge in [0.25, 0.3) is 5.91 Å². The van der Waals surface area contributed by atoms with E-state index in [0.717, 1.165) is 12.0 Å². The van der Waals surface area contributed by atoms with Gasteiger partial charge in [-0.05, 0) is 36.2 Å². The van der Waals surface area contributed by atoms with Crippen LogP contribution in [0.25, 0.3) is 0 Å². The van der Waals surface area contributed by atoms with E-state index in [2.05, 4.69) is 10.6 Å². The van der Waals surface area contributed by atoms with Crippen LogP contribution in [0.2, 0.25) is 0 Å². The summed E-state index contributed by atoms with van der Waals surface area (Å²) in [5.41, 5.74) is 1.60. The highest BCUT2D eigenvalue weighted by Gasteiger charge is 2.33. The van der Waals surface area contributed by atoms with Gasteiger partial charge in [0.2, 0.25) is 3.79 Å². The lowest BCUT2D eigenvalue weighted by Crippen LogP contribution is -2.53. The van der Waals surface area contributed by atoms with Crippen LogP contribution in [-0.2, 0) is 6.42 Å². The van der Waals surface area contributed by atoms with Crippen LogP contribution in [0.15, 0.2) is 54.6 Å². The van der Waals surface area contributed by atoms with Crippen molar-refractivity contribution in [3.8, 4) is 5.75 Å². The highest BCUT2D eigenvalue weighted by molar-refractivity contribution is 6.68. The summed E-state index contributed by atoms with van der Waals surface area (Å²) in [7, 11) is 1.56. The minimum atomic E-state index is -1.68. The summed E-state index contributed by atoms with van der Waals surface area (Å²) in [6.45, 7) is 0.547. The van der Waals surface area contributed by atoms with Crippen molar-refractivity contribution in [2.45, 2.75) is 16.4 Å². The predicted molar refractivity (Wildman–Crippen MR) is 103 cm³/mol. The molecule has 134 valence electrons. The third-order valence-corrected chi connectivity index (χ3v) is 4.21. The number of amides is 1. The molecule has 2 aromatic carbocycles. The van der Waals surface area contributed by atoms with Crippen molar-refractivity contribution < 1.29 is 9.53 Å². The second-order valence-corrected chi connectivity index (χ2v) is 7.74. The minimum Gasteiger partial charge on any atom is -0.497 e. The Morgan fingerprint density at radius 3 is 2.28 bits per heavy atom. The van der Waals surface area contributed by atoms with E-state index in [-0.39, 0.29) is 5.91 Å². The molecule has 1 atom stereocenters. The van der Waals surface area contributed by atoms with E-state index in [0.29, 0.717) is 17.9 Å². The Balaban J connectivity index is 1.95. The quantitative estimate of drug-likeness (QED) is 0.545. The SMILES string of the molecule is COc1ccc(C(=O)N[C@H](NCCc2ccccc2)C(Cl)(Cl)Cl)cc1. The molecule has 0 fully saturated rings. The van der Waals surface area contributed by atoms with Crippen LogP contribution in [0.1, 0.15) is 15.9 Å². The first kappa shape index (κ1) is 19.9. The van der Waals surface area contributed by atoms with Crippen LogP contribution < -0.4 is 15.4 Å². The Morgan fingerprint density at radius 2 is 1.72 bits per heavy atom. The molecule has 0 spiro atoms. The zero-order chi connectivity index (χ0) is 18.3. The standard InChI is InChI=1S/C18H19Cl3N2O2/c1-25-15-9-7-14(8-10-15)16(24)23-17(18(19,20)21)22-12-11-13-5-3-2-4-6-13/h2-10,17,22H,11-12H2,1H3,(H,23,24)/t17-/m0/s1. The van der Waals surface area contributed by atoms with Gasteiger partial charge >= 0.3 is 0 Å². The van der Waals surface area contributed by atoms with Crippen molar-refractivity contribution in [2.75, 3.05) is 13.7 Å². The zero-order valence-corrected chi connectivity index (χ0v) is 15.9. The summed E-state index contributed by atoms with van der Waals surface area (Å²) in [5, 5.41) is 5.79. The van der Waals surface area contributed by atoms with Crippen molar-refractivity contribution in [3.05, 3.63) is 65.7 Å². The van der Waals surface area contributed by atoms with Crippen LogP contribution in [0.4, 0.5) is 0 Å². The summed E-state index contributed by atoms with van der Waals surface area (Å²) < 4.78 is 3.39. The maximum atomic E-state index is 12.4. The van der Waals surface area contributed by atoms with Gasteiger partial charge in [-0.15, -0.1) is 0 Å². The molecule has 0 saturated carbocycles. The third-order valence-electron chi connectivity index (χ3n) is 3.56. The average Bonchev–Trinajstić information content (AvgIpc) is 2.61. The van der Waals surface area contributed by atoms with E-state index >= 15 is 0 Å². The molecule has 0 bridgehead atoms. The number of benzene rings is 2. The van der Waals surface area contributed by atoms with E-state index in [4.69, 9.17) is 39.5 Å². The first-order chi connectivity index (χ1) is 11.9. The number of alkyl halides is 3. The topological polar surface area (TPSA) is 50.4 Å². The van der Waals surface area contributed by atoms with Crippen molar-refractivity contribution in [3.63, 3.8) is 0 Å². The molecule has 0 unspecified atom stereocenters. The van der Waals surface area contributed by atoms with Crippen molar-refractivity contribution in [2.24, 2.45) is 0 Å². The van der Waals surface area contributed by atoms with E-state index < -0.39 is 9.96 Å². The number of nitrogens with one attached hydrogen (secondary N) is 2. The summed E-state index contributed by atoms with van der Waals surface area (Å²) in [4.78, 5) is 12.4. The van der Waals surface area contributed by atoms with Crippen LogP contribution in [-0.4, -0.2) is 29.5 Å². The fourth-order valence-corrected chi connectivity index (χ4v) is 2.61. The molecule has 25 heavy (non-hydrogen) atoms. The number of hydrogen-bond acceptors (Lipinski definition) is 3. The number of rotatable bonds is 7. The number of hydrogen-bond donors (Lipinski definition) is 2. The molecule has 1 amide bonds. The fraction of sp³-hybridized carbons (Fsp3) is 0.278. The van der Waals surface area contributed by atoms with E-state index in [1.54, 1.807) is 31.4 Å². The number of halogens is 3. The van der Waals surface area contributed by atoms with Crippen LogP contribution >= 0.6 is 34.8 Å². The van der Waals surface area contributed by atoms with E-state index in [1.807, 2.05) is 30.3 Å². The van der Waals surface area contributed by atoms with Crippen molar-refractivity contribution in [1.29, 1.82) is 0 Å². The van der Waals surface area contributed by atoms with Gasteiger partial charge in [-0.1, -0.05) is 65.1 Å². The summed E-state index contributed by atoms with van der Waals surface area (Å²) in [5.74, 6) is 0.321. The van der Waals surface area contributed by atoms with Gasteiger partial charge in [-0.25, -0.2) is 0 Å². The largest absolute Gasteiger partial charge is 0.497 e. The number of ether oxygens (including phenoxy) is 1. The zero-order valence-electron chi connectivity index (χ0n) is 13.6. The van der Waals surface area contributed by atoms with Crippen molar-refractivity contribution >= 4 is 40.7 Å². The average molecular weight is 402 g/mol. The smallest absolute Gasteiger partial charge is 0.252 e. The van der Waals surface area contributed by atoms with Gasteiger partial charge in [-0.3, -0.25) is 10.1 Å². The summed E-state index contributed by atoms with van der Waals surface area (Å²) in [6.07, 6.45) is -0.0768. The molecule has 0 aliphatic carbocycles. The van der Waals surface area contributed by atoms with Crippen LogP contribution in [0, 0.1) is 0 Å². The molecular weight excluding hydrogens is 383 g/mol. The normalized spacial score (nSPS) is 12.5. The monoisotopic (exact) mass is 400 g/mol. The molecule has 2 N–H and O–H groups in total. The van der Waals surface area contributed by atoms with Crippen molar-refractivity contribution in [1.82, 2.24) is 10.6 Å². The second kappa shape index (κ2) is 9.30. The van der Waals surface area contributed by atoms with Gasteiger partial charge in [0, 0.05) is 12.1 Å². The van der Waals surface area contributed by atoms with Crippen LogP contribution in [0.5, 0.6) is 5.75 Å². The van der Waals surface area contributed by atoms with Crippen LogP contribution in [0.3, 0.4) is 0 Å². The lowest BCUT2D eigenvalue weighted by molar-refractivity contribution is 0.0930. The Morgan fingerprint density at radius 1 is 1.08 bits per heavy atom. The van der Waals surface area contributed by atoms with Gasteiger partial charge in [-0.2, -0.15) is 0 Å². The number of carbonyl (C=O) groups is 1. The highest BCUT2D eigenvalue weighted by atomic mass is 35.6. The Labute approximate surface area is 162 Å².